The number of hydrogen-bond acceptors (Lipinski definition) is 1. The van der Waals surface area contributed by atoms with E-state index in [0.29, 0.717) is 22.9 Å². The van der Waals surface area contributed by atoms with Crippen LogP contribution in [0.5, 0.6) is 0 Å². The average Bonchev–Trinajstić information content (AvgIpc) is 2.79. The third-order valence-electron chi connectivity index (χ3n) is 6.88. The van der Waals surface area contributed by atoms with Gasteiger partial charge < -0.3 is 5.32 Å². The van der Waals surface area contributed by atoms with Gasteiger partial charge in [-0.15, -0.1) is 0 Å². The summed E-state index contributed by atoms with van der Waals surface area (Å²) in [4.78, 5) is 0. The maximum absolute atomic E-state index is 4.01. The molecule has 0 heterocycles. The number of fused-ring (bicyclic) bond motifs is 2. The lowest BCUT2D eigenvalue weighted by Crippen LogP contribution is -2.45. The summed E-state index contributed by atoms with van der Waals surface area (Å²) in [5.74, 6) is 0.905. The van der Waals surface area contributed by atoms with Gasteiger partial charge in [0.15, 0.2) is 0 Å². The van der Waals surface area contributed by atoms with E-state index < -0.39 is 0 Å². The van der Waals surface area contributed by atoms with Crippen molar-refractivity contribution in [2.75, 3.05) is 0 Å². The predicted molar refractivity (Wildman–Crippen MR) is 93.3 cm³/mol. The minimum atomic E-state index is 0.459. The lowest BCUT2D eigenvalue weighted by Gasteiger charge is -2.41. The molecular formula is C19H28BrN. The van der Waals surface area contributed by atoms with Gasteiger partial charge in [-0.3, -0.25) is 0 Å². The van der Waals surface area contributed by atoms with Crippen LogP contribution >= 0.6 is 15.9 Å². The fraction of sp³-hybridized carbons (Fsp3) is 0.684. The van der Waals surface area contributed by atoms with Gasteiger partial charge in [0.1, 0.15) is 0 Å². The van der Waals surface area contributed by atoms with Crippen LogP contribution in [0, 0.1) is 16.7 Å². The largest absolute Gasteiger partial charge is 0.307 e. The summed E-state index contributed by atoms with van der Waals surface area (Å²) < 4.78 is 1.16. The highest BCUT2D eigenvalue weighted by Crippen LogP contribution is 2.65. The van der Waals surface area contributed by atoms with Crippen molar-refractivity contribution in [1.82, 2.24) is 5.32 Å². The van der Waals surface area contributed by atoms with E-state index in [9.17, 15) is 0 Å². The molecule has 2 saturated carbocycles. The molecule has 0 amide bonds. The molecule has 21 heavy (non-hydrogen) atoms. The van der Waals surface area contributed by atoms with Crippen LogP contribution in [0.15, 0.2) is 28.7 Å². The molecule has 0 radical (unpaired) electrons. The minimum Gasteiger partial charge on any atom is -0.307 e. The first-order valence-corrected chi connectivity index (χ1v) is 9.19. The lowest BCUT2D eigenvalue weighted by molar-refractivity contribution is 0.114. The van der Waals surface area contributed by atoms with Gasteiger partial charge in [-0.25, -0.2) is 0 Å². The Morgan fingerprint density at radius 2 is 1.90 bits per heavy atom. The summed E-state index contributed by atoms with van der Waals surface area (Å²) in [6.45, 7) is 9.80. The summed E-state index contributed by atoms with van der Waals surface area (Å²) in [5.41, 5.74) is 2.37. The summed E-state index contributed by atoms with van der Waals surface area (Å²) in [7, 11) is 0. The Morgan fingerprint density at radius 3 is 2.38 bits per heavy atom. The molecule has 0 spiro atoms. The Kier molecular flexibility index (Phi) is 3.99. The molecule has 4 atom stereocenters. The van der Waals surface area contributed by atoms with Crippen molar-refractivity contribution in [3.63, 3.8) is 0 Å². The summed E-state index contributed by atoms with van der Waals surface area (Å²) >= 11 is 3.53. The van der Waals surface area contributed by atoms with E-state index >= 15 is 0 Å². The van der Waals surface area contributed by atoms with Gasteiger partial charge in [0.2, 0.25) is 0 Å². The predicted octanol–water partition coefficient (Wildman–Crippen LogP) is 5.70. The molecule has 116 valence electrons. The standard InChI is InChI=1S/C19H28BrN/c1-5-16(13-6-8-15(20)9-7-13)21-17-12-14-10-11-19(17,4)18(14,2)3/h6-9,14,16-17,21H,5,10-12H2,1-4H3. The van der Waals surface area contributed by atoms with Crippen LogP contribution < -0.4 is 5.32 Å². The zero-order valence-corrected chi connectivity index (χ0v) is 15.3. The summed E-state index contributed by atoms with van der Waals surface area (Å²) in [5, 5.41) is 4.01. The number of nitrogens with one attached hydrogen (secondary N) is 1. The van der Waals surface area contributed by atoms with E-state index in [4.69, 9.17) is 0 Å². The first kappa shape index (κ1) is 15.6. The third-order valence-corrected chi connectivity index (χ3v) is 7.41. The molecule has 0 saturated heterocycles. The zero-order valence-electron chi connectivity index (χ0n) is 13.7. The van der Waals surface area contributed by atoms with Gasteiger partial charge >= 0.3 is 0 Å². The van der Waals surface area contributed by atoms with Crippen molar-refractivity contribution < 1.29 is 0 Å². The molecule has 3 rings (SSSR count). The van der Waals surface area contributed by atoms with Crippen LogP contribution in [0.1, 0.15) is 65.0 Å². The molecule has 2 heteroatoms. The van der Waals surface area contributed by atoms with Crippen LogP contribution in [0.4, 0.5) is 0 Å². The van der Waals surface area contributed by atoms with Crippen molar-refractivity contribution in [1.29, 1.82) is 0 Å². The van der Waals surface area contributed by atoms with Crippen LogP contribution in [0.3, 0.4) is 0 Å². The van der Waals surface area contributed by atoms with Crippen molar-refractivity contribution >= 4 is 15.9 Å². The van der Waals surface area contributed by atoms with Gasteiger partial charge in [-0.2, -0.15) is 0 Å². The Bertz CT molecular complexity index is 507. The quantitative estimate of drug-likeness (QED) is 0.734. The highest BCUT2D eigenvalue weighted by atomic mass is 79.9. The average molecular weight is 350 g/mol. The lowest BCUT2D eigenvalue weighted by atomic mass is 9.69. The summed E-state index contributed by atoms with van der Waals surface area (Å²) in [6.07, 6.45) is 5.33. The fourth-order valence-electron chi connectivity index (χ4n) is 4.84. The molecule has 2 fully saturated rings. The molecule has 1 N–H and O–H groups in total. The van der Waals surface area contributed by atoms with Crippen LogP contribution in [0.25, 0.3) is 0 Å². The fourth-order valence-corrected chi connectivity index (χ4v) is 5.11. The number of hydrogen-bond donors (Lipinski definition) is 1. The smallest absolute Gasteiger partial charge is 0.0320 e. The number of benzene rings is 1. The SMILES string of the molecule is CCC(NC1CC2CCC1(C)C2(C)C)c1ccc(Br)cc1. The van der Waals surface area contributed by atoms with Crippen LogP contribution in [-0.2, 0) is 0 Å². The van der Waals surface area contributed by atoms with E-state index in [-0.39, 0.29) is 0 Å². The molecule has 4 unspecified atom stereocenters. The Hall–Kier alpha value is -0.340. The molecule has 2 bridgehead atoms. The van der Waals surface area contributed by atoms with Gasteiger partial charge in [0, 0.05) is 16.6 Å². The topological polar surface area (TPSA) is 12.0 Å². The number of rotatable bonds is 4. The minimum absolute atomic E-state index is 0.459. The first-order chi connectivity index (χ1) is 9.88. The van der Waals surface area contributed by atoms with Gasteiger partial charge in [-0.1, -0.05) is 55.8 Å². The molecular weight excluding hydrogens is 322 g/mol. The van der Waals surface area contributed by atoms with Crippen molar-refractivity contribution in [3.8, 4) is 0 Å². The maximum atomic E-state index is 4.01. The second-order valence-electron chi connectivity index (χ2n) is 7.84. The van der Waals surface area contributed by atoms with Crippen LogP contribution in [-0.4, -0.2) is 6.04 Å². The second-order valence-corrected chi connectivity index (χ2v) is 8.76. The third kappa shape index (κ3) is 2.39. The van der Waals surface area contributed by atoms with Crippen molar-refractivity contribution in [3.05, 3.63) is 34.3 Å². The van der Waals surface area contributed by atoms with E-state index in [2.05, 4.69) is 73.2 Å². The number of halogens is 1. The molecule has 1 aromatic rings. The normalized spacial score (nSPS) is 35.1. The second kappa shape index (κ2) is 5.38. The highest BCUT2D eigenvalue weighted by Gasteiger charge is 2.61. The Morgan fingerprint density at radius 1 is 1.24 bits per heavy atom. The first-order valence-electron chi connectivity index (χ1n) is 8.40. The molecule has 2 aliphatic rings. The molecule has 0 aliphatic heterocycles. The summed E-state index contributed by atoms with van der Waals surface area (Å²) in [6, 6.07) is 9.98. The Labute approximate surface area is 138 Å². The van der Waals surface area contributed by atoms with E-state index in [1.54, 1.807) is 0 Å². The van der Waals surface area contributed by atoms with Crippen molar-refractivity contribution in [2.24, 2.45) is 16.7 Å². The molecule has 2 aliphatic carbocycles. The molecule has 0 aromatic heterocycles. The maximum Gasteiger partial charge on any atom is 0.0320 e. The van der Waals surface area contributed by atoms with E-state index in [0.717, 1.165) is 16.8 Å². The molecule has 1 nitrogen and oxygen atoms in total. The van der Waals surface area contributed by atoms with Gasteiger partial charge in [0.05, 0.1) is 0 Å². The zero-order chi connectivity index (χ0) is 15.3. The van der Waals surface area contributed by atoms with E-state index in [1.165, 1.54) is 24.8 Å². The molecule has 1 aromatic carbocycles. The van der Waals surface area contributed by atoms with Crippen LogP contribution in [0.2, 0.25) is 0 Å². The van der Waals surface area contributed by atoms with Crippen molar-refractivity contribution in [2.45, 2.75) is 65.5 Å². The highest BCUT2D eigenvalue weighted by molar-refractivity contribution is 9.10. The van der Waals surface area contributed by atoms with E-state index in [1.807, 2.05) is 0 Å². The monoisotopic (exact) mass is 349 g/mol. The van der Waals surface area contributed by atoms with Gasteiger partial charge in [-0.05, 0) is 60.1 Å². The Balaban J connectivity index is 1.78. The van der Waals surface area contributed by atoms with Gasteiger partial charge in [0.25, 0.3) is 0 Å².